The van der Waals surface area contributed by atoms with Crippen LogP contribution in [-0.2, 0) is 11.2 Å². The molecule has 1 aromatic carbocycles. The van der Waals surface area contributed by atoms with Crippen LogP contribution in [0.1, 0.15) is 31.2 Å². The maximum atomic E-state index is 5.68. The van der Waals surface area contributed by atoms with Gasteiger partial charge in [0.2, 0.25) is 0 Å². The molecule has 0 fully saturated rings. The van der Waals surface area contributed by atoms with Crippen molar-refractivity contribution >= 4 is 0 Å². The van der Waals surface area contributed by atoms with Gasteiger partial charge < -0.3 is 9.47 Å². The van der Waals surface area contributed by atoms with Gasteiger partial charge in [-0.15, -0.1) is 0 Å². The van der Waals surface area contributed by atoms with E-state index in [1.165, 1.54) is 11.1 Å². The highest BCUT2D eigenvalue weighted by atomic mass is 16.5. The Morgan fingerprint density at radius 3 is 2.94 bits per heavy atom. The van der Waals surface area contributed by atoms with Crippen molar-refractivity contribution in [3.8, 4) is 5.75 Å². The highest BCUT2D eigenvalue weighted by molar-refractivity contribution is 5.38. The Bertz CT molecular complexity index is 352. The van der Waals surface area contributed by atoms with Crippen LogP contribution in [0.4, 0.5) is 0 Å². The zero-order valence-electron chi connectivity index (χ0n) is 9.95. The molecule has 0 bridgehead atoms. The summed E-state index contributed by atoms with van der Waals surface area (Å²) in [6.07, 6.45) is 1.08. The third-order valence-corrected chi connectivity index (χ3v) is 2.77. The van der Waals surface area contributed by atoms with Gasteiger partial charge in [0.05, 0.1) is 6.61 Å². The second kappa shape index (κ2) is 5.32. The van der Waals surface area contributed by atoms with Gasteiger partial charge in [-0.2, -0.15) is 0 Å². The zero-order valence-corrected chi connectivity index (χ0v) is 9.95. The van der Waals surface area contributed by atoms with Gasteiger partial charge in [0.1, 0.15) is 12.0 Å². The fraction of sp³-hybridized carbons (Fsp3) is 0.538. The van der Waals surface area contributed by atoms with Gasteiger partial charge in [-0.25, -0.2) is 0 Å². The molecule has 1 aliphatic heterocycles. The van der Waals surface area contributed by atoms with E-state index in [0.29, 0.717) is 6.61 Å². The molecule has 0 aliphatic carbocycles. The third-order valence-electron chi connectivity index (χ3n) is 2.77. The van der Waals surface area contributed by atoms with Crippen LogP contribution in [0.3, 0.4) is 0 Å². The molecule has 0 radical (unpaired) electrons. The number of hydrogen-bond acceptors (Lipinski definition) is 3. The summed E-state index contributed by atoms with van der Waals surface area (Å²) in [5.74, 6) is 0.926. The summed E-state index contributed by atoms with van der Waals surface area (Å²) in [5, 5.41) is 3.37. The van der Waals surface area contributed by atoms with E-state index >= 15 is 0 Å². The van der Waals surface area contributed by atoms with Gasteiger partial charge in [0, 0.05) is 18.7 Å². The molecule has 2 rings (SSSR count). The molecule has 1 aliphatic rings. The van der Waals surface area contributed by atoms with E-state index in [1.54, 1.807) is 0 Å². The number of rotatable bonds is 4. The Labute approximate surface area is 96.8 Å². The van der Waals surface area contributed by atoms with Crippen molar-refractivity contribution in [2.45, 2.75) is 26.5 Å². The van der Waals surface area contributed by atoms with E-state index in [0.717, 1.165) is 25.3 Å². The van der Waals surface area contributed by atoms with Crippen molar-refractivity contribution in [1.29, 1.82) is 0 Å². The second-order valence-corrected chi connectivity index (χ2v) is 3.83. The first-order valence-corrected chi connectivity index (χ1v) is 5.95. The Kier molecular flexibility index (Phi) is 3.80. The first kappa shape index (κ1) is 11.4. The normalized spacial score (nSPS) is 19.2. The summed E-state index contributed by atoms with van der Waals surface area (Å²) < 4.78 is 11.2. The lowest BCUT2D eigenvalue weighted by Crippen LogP contribution is -2.31. The van der Waals surface area contributed by atoms with Crippen molar-refractivity contribution in [3.05, 3.63) is 29.3 Å². The van der Waals surface area contributed by atoms with E-state index in [4.69, 9.17) is 9.47 Å². The molecule has 16 heavy (non-hydrogen) atoms. The molecule has 1 N–H and O–H groups in total. The summed E-state index contributed by atoms with van der Waals surface area (Å²) in [6, 6.07) is 6.27. The Balaban J connectivity index is 2.25. The second-order valence-electron chi connectivity index (χ2n) is 3.83. The summed E-state index contributed by atoms with van der Waals surface area (Å²) in [7, 11) is 0. The predicted octanol–water partition coefficient (Wildman–Crippen LogP) is 2.27. The Morgan fingerprint density at radius 2 is 2.19 bits per heavy atom. The Hall–Kier alpha value is -1.06. The van der Waals surface area contributed by atoms with Gasteiger partial charge in [0.25, 0.3) is 0 Å². The summed E-state index contributed by atoms with van der Waals surface area (Å²) in [5.41, 5.74) is 2.58. The summed E-state index contributed by atoms with van der Waals surface area (Å²) in [6.45, 7) is 6.41. The average molecular weight is 221 g/mol. The number of benzene rings is 1. The van der Waals surface area contributed by atoms with Gasteiger partial charge in [-0.3, -0.25) is 5.32 Å². The molecular weight excluding hydrogens is 202 g/mol. The third kappa shape index (κ3) is 2.36. The molecule has 1 aromatic rings. The molecule has 88 valence electrons. The fourth-order valence-electron chi connectivity index (χ4n) is 2.06. The van der Waals surface area contributed by atoms with Gasteiger partial charge >= 0.3 is 0 Å². The van der Waals surface area contributed by atoms with Crippen molar-refractivity contribution in [2.24, 2.45) is 0 Å². The molecule has 0 saturated carbocycles. The number of ether oxygens (including phenoxy) is 2. The molecule has 3 heteroatoms. The predicted molar refractivity (Wildman–Crippen MR) is 63.7 cm³/mol. The van der Waals surface area contributed by atoms with Crippen LogP contribution in [-0.4, -0.2) is 19.8 Å². The minimum absolute atomic E-state index is 0.0224. The number of hydrogen-bond donors (Lipinski definition) is 1. The van der Waals surface area contributed by atoms with E-state index in [9.17, 15) is 0 Å². The van der Waals surface area contributed by atoms with Gasteiger partial charge in [0.15, 0.2) is 0 Å². The van der Waals surface area contributed by atoms with E-state index < -0.39 is 0 Å². The Morgan fingerprint density at radius 1 is 1.31 bits per heavy atom. The lowest BCUT2D eigenvalue weighted by atomic mass is 9.99. The van der Waals surface area contributed by atoms with Gasteiger partial charge in [-0.1, -0.05) is 6.07 Å². The molecule has 1 heterocycles. The summed E-state index contributed by atoms with van der Waals surface area (Å²) >= 11 is 0. The smallest absolute Gasteiger partial charge is 0.134 e. The minimum atomic E-state index is 0.0224. The molecule has 3 nitrogen and oxygen atoms in total. The summed E-state index contributed by atoms with van der Waals surface area (Å²) in [4.78, 5) is 0. The van der Waals surface area contributed by atoms with Crippen LogP contribution in [0.15, 0.2) is 18.2 Å². The molecule has 1 unspecified atom stereocenters. The lowest BCUT2D eigenvalue weighted by molar-refractivity contribution is 0.0326. The first-order chi connectivity index (χ1) is 7.85. The van der Waals surface area contributed by atoms with Crippen LogP contribution in [0.5, 0.6) is 5.75 Å². The van der Waals surface area contributed by atoms with Crippen molar-refractivity contribution < 1.29 is 9.47 Å². The van der Waals surface area contributed by atoms with Crippen molar-refractivity contribution in [1.82, 2.24) is 5.32 Å². The first-order valence-electron chi connectivity index (χ1n) is 5.95. The molecule has 0 amide bonds. The topological polar surface area (TPSA) is 30.5 Å². The van der Waals surface area contributed by atoms with Gasteiger partial charge in [-0.05, 0) is 38.0 Å². The quantitative estimate of drug-likeness (QED) is 0.846. The minimum Gasteiger partial charge on any atom is -0.494 e. The van der Waals surface area contributed by atoms with Crippen molar-refractivity contribution in [3.63, 3.8) is 0 Å². The van der Waals surface area contributed by atoms with E-state index in [2.05, 4.69) is 17.4 Å². The standard InChI is InChI=1S/C13H19NO2/c1-3-15-11-6-5-10-7-8-14-13(16-4-2)12(10)9-11/h5-6,9,13-14H,3-4,7-8H2,1-2H3. The molecule has 1 atom stereocenters. The number of nitrogens with one attached hydrogen (secondary N) is 1. The molecule has 0 aromatic heterocycles. The van der Waals surface area contributed by atoms with E-state index in [1.807, 2.05) is 19.9 Å². The SMILES string of the molecule is CCOc1ccc2c(c1)C(OCC)NCC2. The maximum absolute atomic E-state index is 5.68. The van der Waals surface area contributed by atoms with Crippen LogP contribution in [0.2, 0.25) is 0 Å². The largest absolute Gasteiger partial charge is 0.494 e. The van der Waals surface area contributed by atoms with Crippen LogP contribution in [0.25, 0.3) is 0 Å². The molecule has 0 spiro atoms. The monoisotopic (exact) mass is 221 g/mol. The lowest BCUT2D eigenvalue weighted by Gasteiger charge is -2.27. The number of fused-ring (bicyclic) bond motifs is 1. The maximum Gasteiger partial charge on any atom is 0.134 e. The highest BCUT2D eigenvalue weighted by Crippen LogP contribution is 2.27. The average Bonchev–Trinajstić information content (AvgIpc) is 2.31. The van der Waals surface area contributed by atoms with Crippen LogP contribution in [0, 0.1) is 0 Å². The molecule has 0 saturated heterocycles. The molecular formula is C13H19NO2. The van der Waals surface area contributed by atoms with Crippen LogP contribution >= 0.6 is 0 Å². The van der Waals surface area contributed by atoms with Crippen molar-refractivity contribution in [2.75, 3.05) is 19.8 Å². The zero-order chi connectivity index (χ0) is 11.4. The van der Waals surface area contributed by atoms with E-state index in [-0.39, 0.29) is 6.23 Å². The van der Waals surface area contributed by atoms with Crippen LogP contribution < -0.4 is 10.1 Å². The fourth-order valence-corrected chi connectivity index (χ4v) is 2.06. The highest BCUT2D eigenvalue weighted by Gasteiger charge is 2.20.